The molecule has 3 rings (SSSR count). The summed E-state index contributed by atoms with van der Waals surface area (Å²) in [5, 5.41) is 10.5. The van der Waals surface area contributed by atoms with Gasteiger partial charge in [0.2, 0.25) is 0 Å². The molecule has 0 spiro atoms. The number of anilines is 2. The third-order valence-corrected chi connectivity index (χ3v) is 5.26. The molecule has 1 aromatic heterocycles. The number of aromatic nitrogens is 2. The Labute approximate surface area is 151 Å². The molecule has 0 saturated carbocycles. The van der Waals surface area contributed by atoms with E-state index in [1.807, 2.05) is 18.0 Å². The lowest BCUT2D eigenvalue weighted by Gasteiger charge is -2.34. The van der Waals surface area contributed by atoms with Crippen LogP contribution in [0.25, 0.3) is 0 Å². The summed E-state index contributed by atoms with van der Waals surface area (Å²) in [7, 11) is 4.14. The summed E-state index contributed by atoms with van der Waals surface area (Å²) in [6.07, 6.45) is 5.05. The van der Waals surface area contributed by atoms with Gasteiger partial charge >= 0.3 is 0 Å². The zero-order valence-electron chi connectivity index (χ0n) is 15.6. The van der Waals surface area contributed by atoms with Crippen molar-refractivity contribution in [2.24, 2.45) is 0 Å². The minimum atomic E-state index is -0.373. The lowest BCUT2D eigenvalue weighted by Crippen LogP contribution is -2.48. The second kappa shape index (κ2) is 8.78. The maximum atomic E-state index is 10.5. The van der Waals surface area contributed by atoms with Crippen molar-refractivity contribution in [2.45, 2.75) is 25.4 Å². The van der Waals surface area contributed by atoms with Gasteiger partial charge in [0.1, 0.15) is 18.0 Å². The molecule has 2 aliphatic heterocycles. The molecule has 0 aliphatic carbocycles. The molecule has 7 heteroatoms. The summed E-state index contributed by atoms with van der Waals surface area (Å²) in [5.74, 6) is 1.89. The molecule has 3 heterocycles. The third-order valence-electron chi connectivity index (χ3n) is 5.26. The van der Waals surface area contributed by atoms with E-state index >= 15 is 0 Å². The van der Waals surface area contributed by atoms with Crippen LogP contribution in [0.5, 0.6) is 0 Å². The van der Waals surface area contributed by atoms with Crippen LogP contribution in [0.2, 0.25) is 0 Å². The first kappa shape index (κ1) is 18.4. The van der Waals surface area contributed by atoms with Crippen LogP contribution in [0.1, 0.15) is 19.3 Å². The summed E-state index contributed by atoms with van der Waals surface area (Å²) >= 11 is 0. The van der Waals surface area contributed by atoms with Crippen LogP contribution < -0.4 is 9.80 Å². The lowest BCUT2D eigenvalue weighted by atomic mass is 10.1. The summed E-state index contributed by atoms with van der Waals surface area (Å²) in [4.78, 5) is 17.9. The van der Waals surface area contributed by atoms with Crippen LogP contribution >= 0.6 is 0 Å². The highest BCUT2D eigenvalue weighted by Gasteiger charge is 2.19. The fourth-order valence-corrected chi connectivity index (χ4v) is 3.64. The summed E-state index contributed by atoms with van der Waals surface area (Å²) in [5.41, 5.74) is 0. The van der Waals surface area contributed by atoms with E-state index < -0.39 is 0 Å². The van der Waals surface area contributed by atoms with Crippen molar-refractivity contribution in [2.75, 3.05) is 76.3 Å². The van der Waals surface area contributed by atoms with Crippen molar-refractivity contribution in [3.8, 4) is 0 Å². The van der Waals surface area contributed by atoms with Crippen LogP contribution in [0.3, 0.4) is 0 Å². The maximum Gasteiger partial charge on any atom is 0.134 e. The molecular weight excluding hydrogens is 316 g/mol. The quantitative estimate of drug-likeness (QED) is 0.804. The summed E-state index contributed by atoms with van der Waals surface area (Å²) in [6, 6.07) is 2.05. The minimum Gasteiger partial charge on any atom is -0.390 e. The number of piperazine rings is 1. The average Bonchev–Trinajstić information content (AvgIpc) is 2.64. The largest absolute Gasteiger partial charge is 0.390 e. The second-order valence-electron chi connectivity index (χ2n) is 7.42. The topological polar surface area (TPSA) is 59.0 Å². The third kappa shape index (κ3) is 5.26. The number of β-amino-alcohol motifs (C(OH)–C–C–N with tert-alkyl or cyclic N) is 1. The highest BCUT2D eigenvalue weighted by Crippen LogP contribution is 2.20. The van der Waals surface area contributed by atoms with E-state index in [2.05, 4.69) is 31.7 Å². The molecule has 0 radical (unpaired) electrons. The van der Waals surface area contributed by atoms with E-state index in [0.29, 0.717) is 6.54 Å². The average molecular weight is 348 g/mol. The minimum absolute atomic E-state index is 0.373. The van der Waals surface area contributed by atoms with E-state index in [9.17, 15) is 5.11 Å². The first-order chi connectivity index (χ1) is 12.1. The molecule has 1 N–H and O–H groups in total. The molecular formula is C18H32N6O. The predicted molar refractivity (Wildman–Crippen MR) is 101 cm³/mol. The fraction of sp³-hybridized carbons (Fsp3) is 0.778. The molecule has 7 nitrogen and oxygen atoms in total. The number of aliphatic hydroxyl groups excluding tert-OH is 1. The van der Waals surface area contributed by atoms with Crippen molar-refractivity contribution in [1.82, 2.24) is 19.8 Å². The normalized spacial score (nSPS) is 21.3. The fourth-order valence-electron chi connectivity index (χ4n) is 3.64. The van der Waals surface area contributed by atoms with Gasteiger partial charge in [0, 0.05) is 65.5 Å². The van der Waals surface area contributed by atoms with Crippen LogP contribution in [0, 0.1) is 0 Å². The molecule has 1 aromatic rings. The van der Waals surface area contributed by atoms with Crippen molar-refractivity contribution in [3.63, 3.8) is 0 Å². The van der Waals surface area contributed by atoms with Gasteiger partial charge in [-0.1, -0.05) is 0 Å². The molecule has 2 saturated heterocycles. The molecule has 2 fully saturated rings. The van der Waals surface area contributed by atoms with Crippen LogP contribution in [0.4, 0.5) is 11.6 Å². The Balaban J connectivity index is 1.52. The zero-order chi connectivity index (χ0) is 17.6. The van der Waals surface area contributed by atoms with E-state index in [1.165, 1.54) is 19.3 Å². The molecule has 0 bridgehead atoms. The first-order valence-electron chi connectivity index (χ1n) is 9.49. The number of nitrogens with zero attached hydrogens (tertiary/aromatic N) is 6. The second-order valence-corrected chi connectivity index (χ2v) is 7.42. The van der Waals surface area contributed by atoms with Crippen LogP contribution in [-0.4, -0.2) is 97.4 Å². The van der Waals surface area contributed by atoms with Crippen molar-refractivity contribution < 1.29 is 5.11 Å². The Kier molecular flexibility index (Phi) is 6.45. The highest BCUT2D eigenvalue weighted by molar-refractivity contribution is 5.49. The van der Waals surface area contributed by atoms with Crippen LogP contribution in [-0.2, 0) is 0 Å². The van der Waals surface area contributed by atoms with Gasteiger partial charge in [-0.15, -0.1) is 0 Å². The van der Waals surface area contributed by atoms with E-state index in [1.54, 1.807) is 6.33 Å². The molecule has 25 heavy (non-hydrogen) atoms. The zero-order valence-corrected chi connectivity index (χ0v) is 15.6. The molecule has 0 aromatic carbocycles. The Morgan fingerprint density at radius 3 is 2.52 bits per heavy atom. The smallest absolute Gasteiger partial charge is 0.134 e. The summed E-state index contributed by atoms with van der Waals surface area (Å²) < 4.78 is 0. The van der Waals surface area contributed by atoms with Gasteiger partial charge in [-0.05, 0) is 26.3 Å². The van der Waals surface area contributed by atoms with Gasteiger partial charge in [0.05, 0.1) is 6.10 Å². The molecule has 0 unspecified atom stereocenters. The molecule has 140 valence electrons. The number of likely N-dealkylation sites (N-methyl/N-ethyl adjacent to an activating group) is 2. The van der Waals surface area contributed by atoms with Crippen molar-refractivity contribution in [1.29, 1.82) is 0 Å². The standard InChI is InChI=1S/C18H32N6O/c1-21-8-10-23(11-9-21)14-16(25)13-22(2)17-12-18(20-15-19-17)24-6-4-3-5-7-24/h12,15-16,25H,3-11,13-14H2,1-2H3/t16-/m1/s1. The Morgan fingerprint density at radius 2 is 1.80 bits per heavy atom. The van der Waals surface area contributed by atoms with Crippen LogP contribution in [0.15, 0.2) is 12.4 Å². The van der Waals surface area contributed by atoms with Gasteiger partial charge in [0.25, 0.3) is 0 Å². The number of aliphatic hydroxyl groups is 1. The van der Waals surface area contributed by atoms with Gasteiger partial charge in [0.15, 0.2) is 0 Å². The number of hydrogen-bond acceptors (Lipinski definition) is 7. The van der Waals surface area contributed by atoms with Crippen molar-refractivity contribution in [3.05, 3.63) is 12.4 Å². The maximum absolute atomic E-state index is 10.5. The van der Waals surface area contributed by atoms with Gasteiger partial charge < -0.3 is 19.8 Å². The van der Waals surface area contributed by atoms with Gasteiger partial charge in [-0.3, -0.25) is 4.90 Å². The molecule has 1 atom stereocenters. The Morgan fingerprint density at radius 1 is 1.08 bits per heavy atom. The Hall–Kier alpha value is -1.44. The lowest BCUT2D eigenvalue weighted by molar-refractivity contribution is 0.0842. The first-order valence-corrected chi connectivity index (χ1v) is 9.49. The SMILES string of the molecule is CN1CCN(C[C@H](O)CN(C)c2cc(N3CCCCC3)ncn2)CC1. The van der Waals surface area contributed by atoms with E-state index in [0.717, 1.165) is 57.4 Å². The van der Waals surface area contributed by atoms with E-state index in [4.69, 9.17) is 0 Å². The summed E-state index contributed by atoms with van der Waals surface area (Å²) in [6.45, 7) is 7.68. The number of hydrogen-bond donors (Lipinski definition) is 1. The molecule has 2 aliphatic rings. The Bertz CT molecular complexity index is 528. The van der Waals surface area contributed by atoms with Gasteiger partial charge in [-0.25, -0.2) is 9.97 Å². The monoisotopic (exact) mass is 348 g/mol. The van der Waals surface area contributed by atoms with Crippen molar-refractivity contribution >= 4 is 11.6 Å². The van der Waals surface area contributed by atoms with E-state index in [-0.39, 0.29) is 6.10 Å². The number of piperidine rings is 1. The highest BCUT2D eigenvalue weighted by atomic mass is 16.3. The predicted octanol–water partition coefficient (Wildman–Crippen LogP) is 0.511. The molecule has 0 amide bonds. The van der Waals surface area contributed by atoms with Gasteiger partial charge in [-0.2, -0.15) is 0 Å². The number of rotatable bonds is 6.